The van der Waals surface area contributed by atoms with E-state index in [1.54, 1.807) is 30.4 Å². The number of aliphatic hydroxyl groups excluding tert-OH is 1. The second-order valence-corrected chi connectivity index (χ2v) is 11.1. The molecule has 29 heavy (non-hydrogen) atoms. The molecule has 4 aliphatic rings. The van der Waals surface area contributed by atoms with Crippen LogP contribution in [-0.2, 0) is 14.4 Å². The van der Waals surface area contributed by atoms with E-state index < -0.39 is 0 Å². The summed E-state index contributed by atoms with van der Waals surface area (Å²) in [4.78, 5) is 38.3. The molecule has 0 bridgehead atoms. The summed E-state index contributed by atoms with van der Waals surface area (Å²) in [6, 6.07) is 0. The highest BCUT2D eigenvalue weighted by Crippen LogP contribution is 2.45. The molecule has 0 spiro atoms. The molecular formula is C23H24Br2O4. The fourth-order valence-corrected chi connectivity index (χ4v) is 6.54. The smallest absolute Gasteiger partial charge is 0.170 e. The Kier molecular flexibility index (Phi) is 6.12. The standard InChI is InChI=1S/C23H24Br2O4/c24-12-6-8-14-18(10-12)22(28)16(20(14)26)4-2-1-3-5-17-21(27)15-9-7-13(25)11-19(15)23(17)29/h1-5,12-15,18-19,28H,6-11H2. The van der Waals surface area contributed by atoms with Crippen LogP contribution in [0.3, 0.4) is 0 Å². The Labute approximate surface area is 187 Å². The van der Waals surface area contributed by atoms with Gasteiger partial charge in [0.15, 0.2) is 17.3 Å². The maximum Gasteiger partial charge on any atom is 0.170 e. The van der Waals surface area contributed by atoms with E-state index in [1.807, 2.05) is 0 Å². The lowest BCUT2D eigenvalue weighted by atomic mass is 9.80. The molecule has 0 saturated heterocycles. The van der Waals surface area contributed by atoms with Crippen molar-refractivity contribution in [2.75, 3.05) is 0 Å². The maximum atomic E-state index is 12.6. The van der Waals surface area contributed by atoms with Gasteiger partial charge in [0.2, 0.25) is 0 Å². The Morgan fingerprint density at radius 2 is 1.31 bits per heavy atom. The summed E-state index contributed by atoms with van der Waals surface area (Å²) in [6.45, 7) is 0. The number of Topliss-reactive ketones (excluding diaryl/α,β-unsaturated/α-hetero) is 3. The zero-order chi connectivity index (χ0) is 20.7. The van der Waals surface area contributed by atoms with E-state index in [4.69, 9.17) is 0 Å². The van der Waals surface area contributed by atoms with Gasteiger partial charge in [-0.3, -0.25) is 14.4 Å². The second-order valence-electron chi connectivity index (χ2n) is 8.46. The van der Waals surface area contributed by atoms with E-state index in [-0.39, 0.29) is 46.8 Å². The Bertz CT molecular complexity index is 866. The fourth-order valence-electron chi connectivity index (χ4n) is 5.20. The average Bonchev–Trinajstić information content (AvgIpc) is 3.07. The molecule has 0 radical (unpaired) electrons. The number of rotatable bonds is 3. The lowest BCUT2D eigenvalue weighted by molar-refractivity contribution is -0.120. The molecule has 0 aromatic rings. The molecule has 0 aromatic heterocycles. The Hall–Kier alpha value is -1.27. The Morgan fingerprint density at radius 1 is 0.724 bits per heavy atom. The van der Waals surface area contributed by atoms with E-state index in [9.17, 15) is 19.5 Å². The monoisotopic (exact) mass is 522 g/mol. The van der Waals surface area contributed by atoms with Crippen LogP contribution in [0.4, 0.5) is 0 Å². The number of hydrogen-bond donors (Lipinski definition) is 1. The van der Waals surface area contributed by atoms with Crippen LogP contribution >= 0.6 is 31.9 Å². The Morgan fingerprint density at radius 3 is 2.00 bits per heavy atom. The zero-order valence-electron chi connectivity index (χ0n) is 16.0. The van der Waals surface area contributed by atoms with E-state index >= 15 is 0 Å². The molecule has 0 heterocycles. The van der Waals surface area contributed by atoms with Gasteiger partial charge in [0.05, 0.1) is 11.1 Å². The number of carbonyl (C=O) groups is 3. The van der Waals surface area contributed by atoms with Gasteiger partial charge in [-0.15, -0.1) is 0 Å². The predicted molar refractivity (Wildman–Crippen MR) is 118 cm³/mol. The van der Waals surface area contributed by atoms with Crippen molar-refractivity contribution in [2.24, 2.45) is 23.7 Å². The minimum Gasteiger partial charge on any atom is -0.511 e. The summed E-state index contributed by atoms with van der Waals surface area (Å²) >= 11 is 7.17. The molecule has 3 fully saturated rings. The van der Waals surface area contributed by atoms with Crippen LogP contribution in [0, 0.1) is 23.7 Å². The summed E-state index contributed by atoms with van der Waals surface area (Å²) in [7, 11) is 0. The van der Waals surface area contributed by atoms with Crippen LogP contribution in [-0.4, -0.2) is 32.1 Å². The van der Waals surface area contributed by atoms with Gasteiger partial charge in [0.1, 0.15) is 5.76 Å². The van der Waals surface area contributed by atoms with Crippen molar-refractivity contribution in [1.29, 1.82) is 0 Å². The average molecular weight is 524 g/mol. The van der Waals surface area contributed by atoms with Gasteiger partial charge >= 0.3 is 0 Å². The largest absolute Gasteiger partial charge is 0.511 e. The van der Waals surface area contributed by atoms with Gasteiger partial charge in [-0.2, -0.15) is 0 Å². The molecule has 154 valence electrons. The molecule has 4 rings (SSSR count). The minimum atomic E-state index is -0.185. The van der Waals surface area contributed by atoms with Crippen LogP contribution in [0.5, 0.6) is 0 Å². The van der Waals surface area contributed by atoms with Gasteiger partial charge < -0.3 is 5.11 Å². The first-order valence-electron chi connectivity index (χ1n) is 10.3. The number of alkyl halides is 2. The molecule has 4 aliphatic carbocycles. The van der Waals surface area contributed by atoms with Crippen LogP contribution in [0.15, 0.2) is 47.3 Å². The highest BCUT2D eigenvalue weighted by atomic mass is 79.9. The van der Waals surface area contributed by atoms with E-state index in [0.29, 0.717) is 20.8 Å². The molecule has 4 nitrogen and oxygen atoms in total. The zero-order valence-corrected chi connectivity index (χ0v) is 19.2. The van der Waals surface area contributed by atoms with Gasteiger partial charge in [0, 0.05) is 33.3 Å². The van der Waals surface area contributed by atoms with Gasteiger partial charge in [-0.25, -0.2) is 0 Å². The third-order valence-corrected chi connectivity index (χ3v) is 8.42. The molecule has 0 amide bonds. The number of hydrogen-bond acceptors (Lipinski definition) is 4. The van der Waals surface area contributed by atoms with Gasteiger partial charge in [0.25, 0.3) is 0 Å². The normalized spacial score (nSPS) is 39.2. The molecule has 0 aromatic carbocycles. The van der Waals surface area contributed by atoms with Crippen molar-refractivity contribution in [2.45, 2.75) is 48.2 Å². The summed E-state index contributed by atoms with van der Waals surface area (Å²) in [5, 5.41) is 10.5. The molecular weight excluding hydrogens is 500 g/mol. The number of halogens is 2. The minimum absolute atomic E-state index is 0.0180. The topological polar surface area (TPSA) is 71.4 Å². The first-order valence-corrected chi connectivity index (χ1v) is 12.1. The molecule has 6 atom stereocenters. The highest BCUT2D eigenvalue weighted by molar-refractivity contribution is 9.09. The number of aliphatic hydroxyl groups is 1. The maximum absolute atomic E-state index is 12.6. The third kappa shape index (κ3) is 3.90. The van der Waals surface area contributed by atoms with Crippen molar-refractivity contribution >= 4 is 49.2 Å². The van der Waals surface area contributed by atoms with Crippen LogP contribution in [0.1, 0.15) is 38.5 Å². The number of carbonyl (C=O) groups excluding carboxylic acids is 3. The molecule has 0 aliphatic heterocycles. The lowest BCUT2D eigenvalue weighted by Gasteiger charge is -2.27. The molecule has 6 heteroatoms. The van der Waals surface area contributed by atoms with Crippen LogP contribution in [0.25, 0.3) is 0 Å². The number of fused-ring (bicyclic) bond motifs is 2. The van der Waals surface area contributed by atoms with E-state index in [1.165, 1.54) is 0 Å². The van der Waals surface area contributed by atoms with Crippen molar-refractivity contribution in [3.05, 3.63) is 47.3 Å². The van der Waals surface area contributed by atoms with Crippen LogP contribution in [0.2, 0.25) is 0 Å². The first-order chi connectivity index (χ1) is 13.9. The predicted octanol–water partition coefficient (Wildman–Crippen LogP) is 4.93. The summed E-state index contributed by atoms with van der Waals surface area (Å²) in [5.74, 6) is -0.398. The quantitative estimate of drug-likeness (QED) is 0.246. The molecule has 6 unspecified atom stereocenters. The summed E-state index contributed by atoms with van der Waals surface area (Å²) < 4.78 is 0. The second kappa shape index (κ2) is 8.46. The molecule has 1 N–H and O–H groups in total. The van der Waals surface area contributed by atoms with Crippen molar-refractivity contribution in [3.63, 3.8) is 0 Å². The SMILES string of the molecule is O=C1C(=CC=CC=CC2=C(O)C3CC(Br)CCC3C2=O)C(=O)C2CC(Br)CCC12. The van der Waals surface area contributed by atoms with Gasteiger partial charge in [-0.1, -0.05) is 50.1 Å². The fraction of sp³-hybridized carbons (Fsp3) is 0.522. The Balaban J connectivity index is 1.44. The highest BCUT2D eigenvalue weighted by Gasteiger charge is 2.47. The van der Waals surface area contributed by atoms with Crippen molar-refractivity contribution in [1.82, 2.24) is 0 Å². The van der Waals surface area contributed by atoms with Gasteiger partial charge in [-0.05, 0) is 50.7 Å². The van der Waals surface area contributed by atoms with Crippen molar-refractivity contribution < 1.29 is 19.5 Å². The van der Waals surface area contributed by atoms with Crippen LogP contribution < -0.4 is 0 Å². The number of allylic oxidation sites excluding steroid dienone is 8. The number of ketones is 3. The summed E-state index contributed by atoms with van der Waals surface area (Å²) in [6.07, 6.45) is 13.2. The summed E-state index contributed by atoms with van der Waals surface area (Å²) in [5.41, 5.74) is 0.681. The lowest BCUT2D eigenvalue weighted by Crippen LogP contribution is -2.26. The third-order valence-electron chi connectivity index (χ3n) is 6.75. The molecule has 3 saturated carbocycles. The van der Waals surface area contributed by atoms with Crippen molar-refractivity contribution in [3.8, 4) is 0 Å². The van der Waals surface area contributed by atoms with E-state index in [2.05, 4.69) is 31.9 Å². The first kappa shape index (κ1) is 21.0. The van der Waals surface area contributed by atoms with E-state index in [0.717, 1.165) is 38.5 Å².